The van der Waals surface area contributed by atoms with Crippen LogP contribution in [0.2, 0.25) is 10.0 Å². The van der Waals surface area contributed by atoms with E-state index < -0.39 is 0 Å². The molecule has 100 valence electrons. The fraction of sp³-hybridized carbons (Fsp3) is 0.214. The molecule has 0 radical (unpaired) electrons. The van der Waals surface area contributed by atoms with Crippen LogP contribution < -0.4 is 5.32 Å². The number of amides is 1. The number of hydrogen-bond donors (Lipinski definition) is 1. The first kappa shape index (κ1) is 14.4. The second kappa shape index (κ2) is 6.42. The summed E-state index contributed by atoms with van der Waals surface area (Å²) in [6.45, 7) is 2.04. The number of halogens is 2. The van der Waals surface area contributed by atoms with Crippen molar-refractivity contribution in [1.29, 1.82) is 0 Å². The van der Waals surface area contributed by atoms with E-state index in [-0.39, 0.29) is 11.9 Å². The minimum Gasteiger partial charge on any atom is -0.344 e. The van der Waals surface area contributed by atoms with E-state index in [0.717, 1.165) is 11.3 Å². The number of hydrogen-bond acceptors (Lipinski definition) is 2. The average Bonchev–Trinajstić information content (AvgIpc) is 2.92. The average molecular weight is 314 g/mol. The SMILES string of the molecule is CCC(NC(=O)c1ccc(Cl)c(Cl)c1)c1cccs1. The quantitative estimate of drug-likeness (QED) is 0.851. The molecule has 1 aromatic carbocycles. The van der Waals surface area contributed by atoms with Gasteiger partial charge in [0.15, 0.2) is 0 Å². The van der Waals surface area contributed by atoms with E-state index in [2.05, 4.69) is 5.32 Å². The van der Waals surface area contributed by atoms with Crippen LogP contribution in [0.5, 0.6) is 0 Å². The third kappa shape index (κ3) is 3.50. The van der Waals surface area contributed by atoms with Crippen LogP contribution in [0.15, 0.2) is 35.7 Å². The molecular formula is C14H13Cl2NOS. The lowest BCUT2D eigenvalue weighted by molar-refractivity contribution is 0.0936. The molecule has 0 aliphatic heterocycles. The Morgan fingerprint density at radius 2 is 2.11 bits per heavy atom. The van der Waals surface area contributed by atoms with Crippen LogP contribution in [-0.4, -0.2) is 5.91 Å². The minimum atomic E-state index is -0.140. The Hall–Kier alpha value is -1.03. The molecule has 5 heteroatoms. The summed E-state index contributed by atoms with van der Waals surface area (Å²) in [5.74, 6) is -0.140. The molecule has 0 aliphatic carbocycles. The van der Waals surface area contributed by atoms with Crippen LogP contribution in [0.4, 0.5) is 0 Å². The van der Waals surface area contributed by atoms with Crippen molar-refractivity contribution >= 4 is 40.4 Å². The molecule has 2 rings (SSSR count). The van der Waals surface area contributed by atoms with E-state index in [9.17, 15) is 4.79 Å². The number of rotatable bonds is 4. The van der Waals surface area contributed by atoms with Crippen LogP contribution in [0.25, 0.3) is 0 Å². The van der Waals surface area contributed by atoms with E-state index in [1.54, 1.807) is 29.5 Å². The largest absolute Gasteiger partial charge is 0.344 e. The van der Waals surface area contributed by atoms with Crippen molar-refractivity contribution in [2.75, 3.05) is 0 Å². The summed E-state index contributed by atoms with van der Waals surface area (Å²) in [7, 11) is 0. The maximum absolute atomic E-state index is 12.2. The minimum absolute atomic E-state index is 0.0296. The summed E-state index contributed by atoms with van der Waals surface area (Å²) >= 11 is 13.4. The van der Waals surface area contributed by atoms with Crippen LogP contribution in [0.3, 0.4) is 0 Å². The lowest BCUT2D eigenvalue weighted by atomic mass is 10.1. The summed E-state index contributed by atoms with van der Waals surface area (Å²) in [6.07, 6.45) is 0.841. The van der Waals surface area contributed by atoms with E-state index in [1.165, 1.54) is 0 Å². The van der Waals surface area contributed by atoms with E-state index in [1.807, 2.05) is 24.4 Å². The standard InChI is InChI=1S/C14H13Cl2NOS/c1-2-12(13-4-3-7-19-13)17-14(18)9-5-6-10(15)11(16)8-9/h3-8,12H,2H2,1H3,(H,17,18). The Kier molecular flexibility index (Phi) is 4.86. The van der Waals surface area contributed by atoms with Crippen LogP contribution in [-0.2, 0) is 0 Å². The fourth-order valence-electron chi connectivity index (χ4n) is 1.74. The molecule has 1 aromatic heterocycles. The van der Waals surface area contributed by atoms with Gasteiger partial charge in [0.1, 0.15) is 0 Å². The molecule has 1 amide bonds. The predicted octanol–water partition coefficient (Wildman–Crippen LogP) is 4.94. The van der Waals surface area contributed by atoms with Crippen molar-refractivity contribution in [3.05, 3.63) is 56.2 Å². The molecule has 1 atom stereocenters. The molecule has 0 saturated carbocycles. The second-order valence-corrected chi connectivity index (χ2v) is 5.87. The van der Waals surface area contributed by atoms with Gasteiger partial charge in [0.25, 0.3) is 5.91 Å². The van der Waals surface area contributed by atoms with Crippen LogP contribution in [0.1, 0.15) is 34.6 Å². The normalized spacial score (nSPS) is 12.2. The first-order valence-electron chi connectivity index (χ1n) is 5.91. The lowest BCUT2D eigenvalue weighted by Crippen LogP contribution is -2.27. The maximum Gasteiger partial charge on any atom is 0.251 e. The van der Waals surface area contributed by atoms with Crippen molar-refractivity contribution in [3.8, 4) is 0 Å². The van der Waals surface area contributed by atoms with Gasteiger partial charge in [0.2, 0.25) is 0 Å². The van der Waals surface area contributed by atoms with Gasteiger partial charge < -0.3 is 5.32 Å². The molecule has 0 fully saturated rings. The number of carbonyl (C=O) groups excluding carboxylic acids is 1. The van der Waals surface area contributed by atoms with Gasteiger partial charge in [0, 0.05) is 10.4 Å². The predicted molar refractivity (Wildman–Crippen MR) is 81.3 cm³/mol. The molecule has 0 bridgehead atoms. The Bertz CT molecular complexity index is 569. The molecule has 0 saturated heterocycles. The summed E-state index contributed by atoms with van der Waals surface area (Å²) in [5.41, 5.74) is 0.518. The van der Waals surface area contributed by atoms with Crippen LogP contribution in [0, 0.1) is 0 Å². The Morgan fingerprint density at radius 1 is 1.32 bits per heavy atom. The first-order valence-corrected chi connectivity index (χ1v) is 7.54. The summed E-state index contributed by atoms with van der Waals surface area (Å²) in [4.78, 5) is 13.3. The highest BCUT2D eigenvalue weighted by atomic mass is 35.5. The molecule has 1 unspecified atom stereocenters. The maximum atomic E-state index is 12.2. The zero-order chi connectivity index (χ0) is 13.8. The lowest BCUT2D eigenvalue weighted by Gasteiger charge is -2.15. The van der Waals surface area contributed by atoms with Crippen molar-refractivity contribution in [3.63, 3.8) is 0 Å². The van der Waals surface area contributed by atoms with Crippen molar-refractivity contribution in [2.24, 2.45) is 0 Å². The van der Waals surface area contributed by atoms with Crippen molar-refractivity contribution in [1.82, 2.24) is 5.32 Å². The van der Waals surface area contributed by atoms with Crippen LogP contribution >= 0.6 is 34.5 Å². The van der Waals surface area contributed by atoms with Gasteiger partial charge in [-0.05, 0) is 36.1 Å². The Balaban J connectivity index is 2.13. The zero-order valence-electron chi connectivity index (χ0n) is 10.3. The number of nitrogens with one attached hydrogen (secondary N) is 1. The van der Waals surface area contributed by atoms with E-state index >= 15 is 0 Å². The summed E-state index contributed by atoms with van der Waals surface area (Å²) < 4.78 is 0. The summed E-state index contributed by atoms with van der Waals surface area (Å²) in [5, 5.41) is 5.84. The molecular weight excluding hydrogens is 301 g/mol. The van der Waals surface area contributed by atoms with Crippen molar-refractivity contribution in [2.45, 2.75) is 19.4 Å². The molecule has 2 aromatic rings. The molecule has 2 nitrogen and oxygen atoms in total. The molecule has 0 aliphatic rings. The number of thiophene rings is 1. The highest BCUT2D eigenvalue weighted by molar-refractivity contribution is 7.10. The third-order valence-corrected chi connectivity index (χ3v) is 4.51. The molecule has 1 heterocycles. The summed E-state index contributed by atoms with van der Waals surface area (Å²) in [6, 6.07) is 8.92. The van der Waals surface area contributed by atoms with E-state index in [0.29, 0.717) is 15.6 Å². The number of carbonyl (C=O) groups is 1. The zero-order valence-corrected chi connectivity index (χ0v) is 12.6. The fourth-order valence-corrected chi connectivity index (χ4v) is 2.90. The monoisotopic (exact) mass is 313 g/mol. The Morgan fingerprint density at radius 3 is 2.68 bits per heavy atom. The molecule has 19 heavy (non-hydrogen) atoms. The Labute approximate surface area is 126 Å². The first-order chi connectivity index (χ1) is 9.11. The van der Waals surface area contributed by atoms with Gasteiger partial charge in [-0.25, -0.2) is 0 Å². The topological polar surface area (TPSA) is 29.1 Å². The molecule has 1 N–H and O–H groups in total. The highest BCUT2D eigenvalue weighted by Crippen LogP contribution is 2.24. The third-order valence-electron chi connectivity index (χ3n) is 2.78. The van der Waals surface area contributed by atoms with E-state index in [4.69, 9.17) is 23.2 Å². The van der Waals surface area contributed by atoms with Gasteiger partial charge in [0.05, 0.1) is 16.1 Å². The van der Waals surface area contributed by atoms with Gasteiger partial charge >= 0.3 is 0 Å². The van der Waals surface area contributed by atoms with Gasteiger partial charge in [-0.15, -0.1) is 11.3 Å². The molecule has 0 spiro atoms. The van der Waals surface area contributed by atoms with Crippen molar-refractivity contribution < 1.29 is 4.79 Å². The second-order valence-electron chi connectivity index (χ2n) is 4.08. The van der Waals surface area contributed by atoms with Gasteiger partial charge in [-0.2, -0.15) is 0 Å². The smallest absolute Gasteiger partial charge is 0.251 e. The van der Waals surface area contributed by atoms with Gasteiger partial charge in [-0.3, -0.25) is 4.79 Å². The van der Waals surface area contributed by atoms with Gasteiger partial charge in [-0.1, -0.05) is 36.2 Å². The number of benzene rings is 1. The highest BCUT2D eigenvalue weighted by Gasteiger charge is 2.15.